The number of amides is 1. The summed E-state index contributed by atoms with van der Waals surface area (Å²) < 4.78 is 1.87. The number of piperidine rings is 1. The van der Waals surface area contributed by atoms with Gasteiger partial charge in [-0.25, -0.2) is 0 Å². The van der Waals surface area contributed by atoms with Gasteiger partial charge in [-0.05, 0) is 45.0 Å². The molecule has 112 valence electrons. The molecule has 0 bridgehead atoms. The number of nitrogens with one attached hydrogen (secondary N) is 1. The Bertz CT molecular complexity index is 450. The molecule has 0 aromatic carbocycles. The number of hydrogen-bond donors (Lipinski definition) is 2. The number of carbonyl (C=O) groups is 1. The second-order valence-corrected chi connectivity index (χ2v) is 5.63. The fourth-order valence-corrected chi connectivity index (χ4v) is 2.70. The molecule has 0 spiro atoms. The van der Waals surface area contributed by atoms with E-state index in [1.165, 1.54) is 19.3 Å². The summed E-state index contributed by atoms with van der Waals surface area (Å²) in [5.41, 5.74) is 1.69. The molecule has 1 atom stereocenters. The molecule has 1 fully saturated rings. The van der Waals surface area contributed by atoms with E-state index in [0.717, 1.165) is 25.3 Å². The number of aromatic nitrogens is 1. The summed E-state index contributed by atoms with van der Waals surface area (Å²) in [5.74, 6) is -0.114. The van der Waals surface area contributed by atoms with Gasteiger partial charge in [-0.15, -0.1) is 0 Å². The van der Waals surface area contributed by atoms with E-state index in [2.05, 4.69) is 10.2 Å². The van der Waals surface area contributed by atoms with Crippen molar-refractivity contribution < 1.29 is 9.90 Å². The van der Waals surface area contributed by atoms with E-state index in [1.807, 2.05) is 30.7 Å². The summed E-state index contributed by atoms with van der Waals surface area (Å²) in [4.78, 5) is 14.5. The molecule has 0 radical (unpaired) electrons. The van der Waals surface area contributed by atoms with E-state index in [0.29, 0.717) is 5.69 Å². The summed E-state index contributed by atoms with van der Waals surface area (Å²) in [6.45, 7) is 4.80. The Hall–Kier alpha value is -1.33. The highest BCUT2D eigenvalue weighted by atomic mass is 16.3. The first kappa shape index (κ1) is 15.1. The summed E-state index contributed by atoms with van der Waals surface area (Å²) in [6.07, 6.45) is 3.71. The normalized spacial score (nSPS) is 17.9. The van der Waals surface area contributed by atoms with E-state index >= 15 is 0 Å². The first-order valence-corrected chi connectivity index (χ1v) is 7.38. The van der Waals surface area contributed by atoms with Crippen LogP contribution in [0.5, 0.6) is 0 Å². The van der Waals surface area contributed by atoms with Crippen molar-refractivity contribution >= 4 is 5.91 Å². The lowest BCUT2D eigenvalue weighted by Gasteiger charge is -2.30. The van der Waals surface area contributed by atoms with E-state index in [9.17, 15) is 9.90 Å². The van der Waals surface area contributed by atoms with Crippen LogP contribution in [0.1, 0.15) is 35.4 Å². The van der Waals surface area contributed by atoms with Gasteiger partial charge in [0.25, 0.3) is 5.91 Å². The van der Waals surface area contributed by atoms with Crippen LogP contribution in [0.2, 0.25) is 0 Å². The van der Waals surface area contributed by atoms with Crippen molar-refractivity contribution in [3.05, 3.63) is 23.5 Å². The lowest BCUT2D eigenvalue weighted by Crippen LogP contribution is -2.47. The van der Waals surface area contributed by atoms with Gasteiger partial charge >= 0.3 is 0 Å². The van der Waals surface area contributed by atoms with Gasteiger partial charge in [0.1, 0.15) is 5.69 Å². The standard InChI is InChI=1S/C15H25N3O2/c1-12-6-7-14(17(12)2)15(20)16-13(11-19)10-18-8-4-3-5-9-18/h6-7,13,19H,3-5,8-11H2,1-2H3,(H,16,20)/t13-/m0/s1. The predicted molar refractivity (Wildman–Crippen MR) is 78.8 cm³/mol. The van der Waals surface area contributed by atoms with Crippen LogP contribution in [0.25, 0.3) is 0 Å². The third-order valence-electron chi connectivity index (χ3n) is 4.09. The zero-order chi connectivity index (χ0) is 14.5. The molecular formula is C15H25N3O2. The Morgan fingerprint density at radius 1 is 1.35 bits per heavy atom. The quantitative estimate of drug-likeness (QED) is 0.842. The van der Waals surface area contributed by atoms with Gasteiger partial charge in [0, 0.05) is 19.3 Å². The Morgan fingerprint density at radius 3 is 2.60 bits per heavy atom. The Kier molecular flexibility index (Phi) is 5.20. The van der Waals surface area contributed by atoms with Crippen molar-refractivity contribution in [3.63, 3.8) is 0 Å². The van der Waals surface area contributed by atoms with Gasteiger partial charge in [-0.3, -0.25) is 4.79 Å². The van der Waals surface area contributed by atoms with Crippen molar-refractivity contribution in [2.24, 2.45) is 7.05 Å². The van der Waals surface area contributed by atoms with Gasteiger partial charge in [0.15, 0.2) is 0 Å². The number of aliphatic hydroxyl groups excluding tert-OH is 1. The summed E-state index contributed by atoms with van der Waals surface area (Å²) >= 11 is 0. The smallest absolute Gasteiger partial charge is 0.268 e. The fourth-order valence-electron chi connectivity index (χ4n) is 2.70. The monoisotopic (exact) mass is 279 g/mol. The number of hydrogen-bond acceptors (Lipinski definition) is 3. The minimum atomic E-state index is -0.198. The third-order valence-corrected chi connectivity index (χ3v) is 4.09. The topological polar surface area (TPSA) is 57.5 Å². The second-order valence-electron chi connectivity index (χ2n) is 5.63. The molecule has 1 aromatic heterocycles. The van der Waals surface area contributed by atoms with Gasteiger partial charge in [-0.2, -0.15) is 0 Å². The number of rotatable bonds is 5. The molecule has 2 N–H and O–H groups in total. The second kappa shape index (κ2) is 6.90. The van der Waals surface area contributed by atoms with Gasteiger partial charge < -0.3 is 19.9 Å². The Morgan fingerprint density at radius 2 is 2.05 bits per heavy atom. The van der Waals surface area contributed by atoms with Crippen LogP contribution < -0.4 is 5.32 Å². The highest BCUT2D eigenvalue weighted by Crippen LogP contribution is 2.10. The number of aliphatic hydroxyl groups is 1. The molecule has 1 aliphatic rings. The fraction of sp³-hybridized carbons (Fsp3) is 0.667. The molecule has 0 unspecified atom stereocenters. The first-order chi connectivity index (χ1) is 9.61. The lowest BCUT2D eigenvalue weighted by atomic mass is 10.1. The maximum Gasteiger partial charge on any atom is 0.268 e. The molecule has 5 nitrogen and oxygen atoms in total. The zero-order valence-electron chi connectivity index (χ0n) is 12.4. The van der Waals surface area contributed by atoms with Crippen LogP contribution in [0.3, 0.4) is 0 Å². The average molecular weight is 279 g/mol. The van der Waals surface area contributed by atoms with Crippen LogP contribution >= 0.6 is 0 Å². The Labute approximate surface area is 120 Å². The molecule has 5 heteroatoms. The predicted octanol–water partition coefficient (Wildman–Crippen LogP) is 0.910. The van der Waals surface area contributed by atoms with Gasteiger partial charge in [-0.1, -0.05) is 6.42 Å². The van der Waals surface area contributed by atoms with Crippen molar-refractivity contribution in [2.45, 2.75) is 32.2 Å². The van der Waals surface area contributed by atoms with Crippen LogP contribution in [-0.4, -0.2) is 52.8 Å². The maximum absolute atomic E-state index is 12.2. The minimum absolute atomic E-state index is 0.0222. The molecule has 0 saturated carbocycles. The molecule has 2 heterocycles. The summed E-state index contributed by atoms with van der Waals surface area (Å²) in [5, 5.41) is 12.4. The van der Waals surface area contributed by atoms with E-state index in [4.69, 9.17) is 0 Å². The van der Waals surface area contributed by atoms with E-state index < -0.39 is 0 Å². The summed E-state index contributed by atoms with van der Waals surface area (Å²) in [6, 6.07) is 3.55. The van der Waals surface area contributed by atoms with Crippen LogP contribution in [-0.2, 0) is 7.05 Å². The number of likely N-dealkylation sites (tertiary alicyclic amines) is 1. The molecular weight excluding hydrogens is 254 g/mol. The van der Waals surface area contributed by atoms with Crippen LogP contribution in [0, 0.1) is 6.92 Å². The highest BCUT2D eigenvalue weighted by Gasteiger charge is 2.19. The van der Waals surface area contributed by atoms with Crippen molar-refractivity contribution in [1.29, 1.82) is 0 Å². The summed E-state index contributed by atoms with van der Waals surface area (Å²) in [7, 11) is 1.88. The van der Waals surface area contributed by atoms with E-state index in [1.54, 1.807) is 0 Å². The molecule has 20 heavy (non-hydrogen) atoms. The molecule has 1 aliphatic heterocycles. The maximum atomic E-state index is 12.2. The largest absolute Gasteiger partial charge is 0.394 e. The van der Waals surface area contributed by atoms with Crippen molar-refractivity contribution in [3.8, 4) is 0 Å². The van der Waals surface area contributed by atoms with Gasteiger partial charge in [0.2, 0.25) is 0 Å². The molecule has 1 amide bonds. The average Bonchev–Trinajstić information content (AvgIpc) is 2.79. The third kappa shape index (κ3) is 3.61. The number of carbonyl (C=O) groups excluding carboxylic acids is 1. The molecule has 1 saturated heterocycles. The molecule has 1 aromatic rings. The Balaban J connectivity index is 1.92. The number of aryl methyl sites for hydroxylation is 1. The zero-order valence-corrected chi connectivity index (χ0v) is 12.4. The van der Waals surface area contributed by atoms with Crippen LogP contribution in [0.4, 0.5) is 0 Å². The van der Waals surface area contributed by atoms with Gasteiger partial charge in [0.05, 0.1) is 12.6 Å². The highest BCUT2D eigenvalue weighted by molar-refractivity contribution is 5.93. The molecule has 2 rings (SSSR count). The SMILES string of the molecule is Cc1ccc(C(=O)N[C@H](CO)CN2CCCCC2)n1C. The van der Waals surface area contributed by atoms with E-state index in [-0.39, 0.29) is 18.6 Å². The van der Waals surface area contributed by atoms with Crippen LogP contribution in [0.15, 0.2) is 12.1 Å². The van der Waals surface area contributed by atoms with Crippen molar-refractivity contribution in [1.82, 2.24) is 14.8 Å². The van der Waals surface area contributed by atoms with Crippen molar-refractivity contribution in [2.75, 3.05) is 26.2 Å². The first-order valence-electron chi connectivity index (χ1n) is 7.38. The lowest BCUT2D eigenvalue weighted by molar-refractivity contribution is 0.0878. The number of nitrogens with zero attached hydrogens (tertiary/aromatic N) is 2. The molecule has 0 aliphatic carbocycles. The minimum Gasteiger partial charge on any atom is -0.394 e.